The maximum absolute atomic E-state index is 9.58. The summed E-state index contributed by atoms with van der Waals surface area (Å²) in [5, 5.41) is 9.58. The average Bonchev–Trinajstić information content (AvgIpc) is 2.45. The van der Waals surface area contributed by atoms with E-state index < -0.39 is 6.29 Å². The molecule has 1 fully saturated rings. The number of hydrogen-bond acceptors (Lipinski definition) is 3. The van der Waals surface area contributed by atoms with Crippen LogP contribution in [-0.4, -0.2) is 23.6 Å². The molecule has 0 bridgehead atoms. The summed E-state index contributed by atoms with van der Waals surface area (Å²) in [5.74, 6) is 0. The zero-order valence-electron chi connectivity index (χ0n) is 11.2. The summed E-state index contributed by atoms with van der Waals surface area (Å²) in [6.45, 7) is 4.32. The monoisotopic (exact) mass is 262 g/mol. The highest BCUT2D eigenvalue weighted by Crippen LogP contribution is 2.25. The molecule has 1 N–H and O–H groups in total. The fraction of sp³-hybridized carbons (Fsp3) is 0.500. The van der Waals surface area contributed by atoms with Crippen LogP contribution in [-0.2, 0) is 16.1 Å². The number of benzene rings is 1. The van der Waals surface area contributed by atoms with Gasteiger partial charge in [0, 0.05) is 6.42 Å². The van der Waals surface area contributed by atoms with Crippen molar-refractivity contribution in [2.24, 2.45) is 0 Å². The first-order valence-corrected chi connectivity index (χ1v) is 6.89. The van der Waals surface area contributed by atoms with Gasteiger partial charge in [-0.2, -0.15) is 0 Å². The summed E-state index contributed by atoms with van der Waals surface area (Å²) in [6.07, 6.45) is 4.46. The Hall–Kier alpha value is -1.16. The van der Waals surface area contributed by atoms with E-state index in [1.165, 1.54) is 0 Å². The number of allylic oxidation sites excluding steroid dienone is 1. The first-order valence-electron chi connectivity index (χ1n) is 6.89. The van der Waals surface area contributed by atoms with Gasteiger partial charge in [-0.05, 0) is 24.8 Å². The van der Waals surface area contributed by atoms with Crippen LogP contribution >= 0.6 is 0 Å². The lowest BCUT2D eigenvalue weighted by molar-refractivity contribution is -0.212. The van der Waals surface area contributed by atoms with E-state index in [1.807, 2.05) is 24.3 Å². The summed E-state index contributed by atoms with van der Waals surface area (Å²) in [4.78, 5) is 0. The van der Waals surface area contributed by atoms with E-state index in [9.17, 15) is 5.11 Å². The van der Waals surface area contributed by atoms with Crippen molar-refractivity contribution in [3.63, 3.8) is 0 Å². The number of rotatable bonds is 6. The maximum atomic E-state index is 9.58. The van der Waals surface area contributed by atoms with Gasteiger partial charge in [0.15, 0.2) is 6.29 Å². The predicted octanol–water partition coefficient (Wildman–Crippen LogP) is 3.04. The predicted molar refractivity (Wildman–Crippen MR) is 74.6 cm³/mol. The fourth-order valence-electron chi connectivity index (χ4n) is 2.35. The number of aliphatic hydroxyl groups excluding tert-OH is 1. The Morgan fingerprint density at radius 3 is 2.84 bits per heavy atom. The summed E-state index contributed by atoms with van der Waals surface area (Å²) >= 11 is 0. The van der Waals surface area contributed by atoms with Crippen molar-refractivity contribution in [3.8, 4) is 0 Å². The van der Waals surface area contributed by atoms with Crippen LogP contribution in [0.2, 0.25) is 0 Å². The van der Waals surface area contributed by atoms with Crippen molar-refractivity contribution < 1.29 is 14.6 Å². The molecule has 1 heterocycles. The molecule has 1 aliphatic rings. The van der Waals surface area contributed by atoms with E-state index in [0.717, 1.165) is 24.8 Å². The molecule has 104 valence electrons. The van der Waals surface area contributed by atoms with Crippen LogP contribution in [0.15, 0.2) is 43.0 Å². The van der Waals surface area contributed by atoms with E-state index in [4.69, 9.17) is 9.47 Å². The summed E-state index contributed by atoms with van der Waals surface area (Å²) in [5.41, 5.74) is 1.16. The molecule has 1 saturated heterocycles. The number of ether oxygens (including phenoxy) is 2. The lowest BCUT2D eigenvalue weighted by atomic mass is 10.0. The molecule has 1 aromatic carbocycles. The largest absolute Gasteiger partial charge is 0.371 e. The van der Waals surface area contributed by atoms with Gasteiger partial charge in [0.2, 0.25) is 0 Å². The molecule has 0 spiro atoms. The van der Waals surface area contributed by atoms with Crippen LogP contribution in [0.1, 0.15) is 31.2 Å². The second kappa shape index (κ2) is 7.43. The van der Waals surface area contributed by atoms with Crippen molar-refractivity contribution in [3.05, 3.63) is 48.6 Å². The highest BCUT2D eigenvalue weighted by atomic mass is 16.6. The Morgan fingerprint density at radius 1 is 1.32 bits per heavy atom. The van der Waals surface area contributed by atoms with Gasteiger partial charge in [-0.3, -0.25) is 0 Å². The molecule has 1 aliphatic heterocycles. The standard InChI is InChI=1S/C16H22O3/c1-2-3-9-15-14(10-11-16(17)19-15)18-12-13-7-5-4-6-8-13/h2,4-8,14-17H,1,3,9-12H2/t14-,15+,16?/m0/s1. The highest BCUT2D eigenvalue weighted by molar-refractivity contribution is 5.13. The van der Waals surface area contributed by atoms with Crippen molar-refractivity contribution in [2.45, 2.75) is 50.8 Å². The molecule has 3 atom stereocenters. The molecule has 3 nitrogen and oxygen atoms in total. The fourth-order valence-corrected chi connectivity index (χ4v) is 2.35. The summed E-state index contributed by atoms with van der Waals surface area (Å²) in [6, 6.07) is 10.1. The van der Waals surface area contributed by atoms with Crippen LogP contribution in [0.25, 0.3) is 0 Å². The third-order valence-electron chi connectivity index (χ3n) is 3.41. The quantitative estimate of drug-likeness (QED) is 0.801. The molecular formula is C16H22O3. The van der Waals surface area contributed by atoms with E-state index in [-0.39, 0.29) is 12.2 Å². The second-order valence-corrected chi connectivity index (χ2v) is 4.91. The van der Waals surface area contributed by atoms with Gasteiger partial charge < -0.3 is 14.6 Å². The molecule has 1 aromatic rings. The van der Waals surface area contributed by atoms with Gasteiger partial charge in [-0.25, -0.2) is 0 Å². The molecule has 0 saturated carbocycles. The molecule has 0 radical (unpaired) electrons. The van der Waals surface area contributed by atoms with E-state index in [1.54, 1.807) is 0 Å². The van der Waals surface area contributed by atoms with E-state index in [2.05, 4.69) is 18.7 Å². The van der Waals surface area contributed by atoms with Crippen molar-refractivity contribution in [1.29, 1.82) is 0 Å². The number of aliphatic hydroxyl groups is 1. The smallest absolute Gasteiger partial charge is 0.155 e. The Morgan fingerprint density at radius 2 is 2.11 bits per heavy atom. The molecule has 0 aromatic heterocycles. The molecule has 3 heteroatoms. The lowest BCUT2D eigenvalue weighted by Gasteiger charge is -2.34. The Bertz CT molecular complexity index is 377. The first-order chi connectivity index (χ1) is 9.29. The van der Waals surface area contributed by atoms with Gasteiger partial charge in [0.05, 0.1) is 18.8 Å². The van der Waals surface area contributed by atoms with Gasteiger partial charge in [0.1, 0.15) is 0 Å². The summed E-state index contributed by atoms with van der Waals surface area (Å²) in [7, 11) is 0. The van der Waals surface area contributed by atoms with Crippen LogP contribution in [0.5, 0.6) is 0 Å². The van der Waals surface area contributed by atoms with Crippen molar-refractivity contribution in [1.82, 2.24) is 0 Å². The Kier molecular flexibility index (Phi) is 5.58. The van der Waals surface area contributed by atoms with Gasteiger partial charge in [-0.15, -0.1) is 6.58 Å². The SMILES string of the molecule is C=CCC[C@H]1OC(O)CC[C@@H]1OCc1ccccc1. The normalized spacial score (nSPS) is 27.1. The van der Waals surface area contributed by atoms with E-state index in [0.29, 0.717) is 13.0 Å². The van der Waals surface area contributed by atoms with Crippen LogP contribution in [0.4, 0.5) is 0 Å². The molecule has 19 heavy (non-hydrogen) atoms. The van der Waals surface area contributed by atoms with Gasteiger partial charge >= 0.3 is 0 Å². The van der Waals surface area contributed by atoms with E-state index >= 15 is 0 Å². The number of hydrogen-bond donors (Lipinski definition) is 1. The van der Waals surface area contributed by atoms with Crippen LogP contribution < -0.4 is 0 Å². The zero-order chi connectivity index (χ0) is 13.5. The first kappa shape index (κ1) is 14.3. The topological polar surface area (TPSA) is 38.7 Å². The molecular weight excluding hydrogens is 240 g/mol. The third kappa shape index (κ3) is 4.46. The third-order valence-corrected chi connectivity index (χ3v) is 3.41. The average molecular weight is 262 g/mol. The molecule has 0 aliphatic carbocycles. The second-order valence-electron chi connectivity index (χ2n) is 4.91. The Labute approximate surface area is 114 Å². The van der Waals surface area contributed by atoms with Crippen molar-refractivity contribution >= 4 is 0 Å². The maximum Gasteiger partial charge on any atom is 0.155 e. The minimum Gasteiger partial charge on any atom is -0.371 e. The minimum atomic E-state index is -0.647. The molecule has 2 rings (SSSR count). The molecule has 1 unspecified atom stereocenters. The minimum absolute atomic E-state index is 0.0366. The van der Waals surface area contributed by atoms with Gasteiger partial charge in [0.25, 0.3) is 0 Å². The highest BCUT2D eigenvalue weighted by Gasteiger charge is 2.30. The summed E-state index contributed by atoms with van der Waals surface area (Å²) < 4.78 is 11.5. The Balaban J connectivity index is 1.87. The molecule has 0 amide bonds. The van der Waals surface area contributed by atoms with Gasteiger partial charge in [-0.1, -0.05) is 36.4 Å². The van der Waals surface area contributed by atoms with Crippen LogP contribution in [0.3, 0.4) is 0 Å². The lowest BCUT2D eigenvalue weighted by Crippen LogP contribution is -2.40. The zero-order valence-corrected chi connectivity index (χ0v) is 11.2. The van der Waals surface area contributed by atoms with Crippen LogP contribution in [0, 0.1) is 0 Å². The van der Waals surface area contributed by atoms with Crippen molar-refractivity contribution in [2.75, 3.05) is 0 Å².